The third kappa shape index (κ3) is 3.64. The fourth-order valence-electron chi connectivity index (χ4n) is 1.50. The van der Waals surface area contributed by atoms with E-state index in [1.807, 2.05) is 19.1 Å². The molecule has 1 unspecified atom stereocenters. The Morgan fingerprint density at radius 2 is 2.35 bits per heavy atom. The summed E-state index contributed by atoms with van der Waals surface area (Å²) in [5.74, 6) is 1.35. The number of pyridine rings is 1. The van der Waals surface area contributed by atoms with Crippen LogP contribution < -0.4 is 5.73 Å². The normalized spacial score (nSPS) is 12.6. The van der Waals surface area contributed by atoms with Gasteiger partial charge in [0, 0.05) is 31.3 Å². The Bertz CT molecular complexity index is 453. The third-order valence-corrected chi connectivity index (χ3v) is 2.41. The molecule has 0 spiro atoms. The third-order valence-electron chi connectivity index (χ3n) is 2.41. The van der Waals surface area contributed by atoms with Crippen molar-refractivity contribution < 1.29 is 4.52 Å². The smallest absolute Gasteiger partial charge is 0.226 e. The zero-order valence-corrected chi connectivity index (χ0v) is 9.84. The molecular weight excluding hydrogens is 216 g/mol. The first-order chi connectivity index (χ1) is 8.24. The molecule has 0 bridgehead atoms. The minimum Gasteiger partial charge on any atom is -0.339 e. The van der Waals surface area contributed by atoms with Crippen LogP contribution in [0.3, 0.4) is 0 Å². The quantitative estimate of drug-likeness (QED) is 0.841. The lowest BCUT2D eigenvalue weighted by atomic mass is 10.2. The molecule has 0 aromatic carbocycles. The zero-order chi connectivity index (χ0) is 12.1. The monoisotopic (exact) mass is 232 g/mol. The van der Waals surface area contributed by atoms with Crippen LogP contribution in [0.4, 0.5) is 0 Å². The summed E-state index contributed by atoms with van der Waals surface area (Å²) in [7, 11) is 0. The number of hydrogen-bond donors (Lipinski definition) is 1. The maximum absolute atomic E-state index is 5.67. The summed E-state index contributed by atoms with van der Waals surface area (Å²) in [6.07, 6.45) is 5.79. The van der Waals surface area contributed by atoms with Gasteiger partial charge < -0.3 is 10.3 Å². The summed E-state index contributed by atoms with van der Waals surface area (Å²) in [6, 6.07) is 4.04. The molecule has 0 amide bonds. The van der Waals surface area contributed by atoms with Crippen molar-refractivity contribution in [3.63, 3.8) is 0 Å². The van der Waals surface area contributed by atoms with Crippen molar-refractivity contribution >= 4 is 0 Å². The molecule has 2 aromatic rings. The number of hydrogen-bond acceptors (Lipinski definition) is 5. The average Bonchev–Trinajstić information content (AvgIpc) is 2.75. The second-order valence-electron chi connectivity index (χ2n) is 4.16. The Balaban J connectivity index is 1.94. The highest BCUT2D eigenvalue weighted by Gasteiger charge is 2.07. The van der Waals surface area contributed by atoms with Gasteiger partial charge in [-0.15, -0.1) is 0 Å². The molecule has 2 rings (SSSR count). The van der Waals surface area contributed by atoms with Crippen LogP contribution in [0, 0.1) is 0 Å². The first-order valence-electron chi connectivity index (χ1n) is 5.70. The van der Waals surface area contributed by atoms with Crippen molar-refractivity contribution in [3.8, 4) is 0 Å². The summed E-state index contributed by atoms with van der Waals surface area (Å²) >= 11 is 0. The molecular formula is C12H16N4O. The highest BCUT2D eigenvalue weighted by molar-refractivity contribution is 5.13. The molecule has 5 heteroatoms. The molecule has 17 heavy (non-hydrogen) atoms. The maximum atomic E-state index is 5.67. The van der Waals surface area contributed by atoms with Crippen molar-refractivity contribution in [1.29, 1.82) is 0 Å². The first kappa shape index (κ1) is 11.7. The first-order valence-corrected chi connectivity index (χ1v) is 5.70. The summed E-state index contributed by atoms with van der Waals surface area (Å²) in [5, 5.41) is 3.93. The molecule has 0 saturated carbocycles. The van der Waals surface area contributed by atoms with Gasteiger partial charge in [0.15, 0.2) is 5.82 Å². The van der Waals surface area contributed by atoms with Crippen molar-refractivity contribution in [3.05, 3.63) is 41.8 Å². The number of rotatable bonds is 5. The van der Waals surface area contributed by atoms with E-state index < -0.39 is 0 Å². The molecule has 2 aromatic heterocycles. The molecule has 0 aliphatic carbocycles. The lowest BCUT2D eigenvalue weighted by Crippen LogP contribution is -2.15. The Kier molecular flexibility index (Phi) is 3.82. The van der Waals surface area contributed by atoms with E-state index >= 15 is 0 Å². The molecule has 2 N–H and O–H groups in total. The molecule has 2 heterocycles. The SMILES string of the molecule is CC(N)CCc1nc(Cc2cccnc2)no1. The van der Waals surface area contributed by atoms with E-state index in [-0.39, 0.29) is 6.04 Å². The van der Waals surface area contributed by atoms with Gasteiger partial charge in [-0.3, -0.25) is 4.98 Å². The van der Waals surface area contributed by atoms with Gasteiger partial charge >= 0.3 is 0 Å². The summed E-state index contributed by atoms with van der Waals surface area (Å²) in [6.45, 7) is 1.97. The summed E-state index contributed by atoms with van der Waals surface area (Å²) in [4.78, 5) is 8.36. The van der Waals surface area contributed by atoms with Crippen LogP contribution >= 0.6 is 0 Å². The van der Waals surface area contributed by atoms with Crippen molar-refractivity contribution in [2.24, 2.45) is 5.73 Å². The van der Waals surface area contributed by atoms with Gasteiger partial charge in [0.1, 0.15) is 0 Å². The number of aromatic nitrogens is 3. The van der Waals surface area contributed by atoms with Gasteiger partial charge in [0.2, 0.25) is 5.89 Å². The molecule has 0 radical (unpaired) electrons. The lowest BCUT2D eigenvalue weighted by Gasteiger charge is -1.99. The Labute approximate surface area is 100 Å². The molecule has 1 atom stereocenters. The number of nitrogens with two attached hydrogens (primary N) is 1. The van der Waals surface area contributed by atoms with E-state index in [4.69, 9.17) is 10.3 Å². The summed E-state index contributed by atoms with van der Waals surface area (Å²) < 4.78 is 5.15. The van der Waals surface area contributed by atoms with Gasteiger partial charge in [-0.05, 0) is 25.0 Å². The minimum atomic E-state index is 0.156. The van der Waals surface area contributed by atoms with E-state index in [1.54, 1.807) is 12.4 Å². The van der Waals surface area contributed by atoms with Crippen LogP contribution in [0.5, 0.6) is 0 Å². The van der Waals surface area contributed by atoms with E-state index in [0.29, 0.717) is 18.1 Å². The molecule has 0 aliphatic rings. The molecule has 90 valence electrons. The Hall–Kier alpha value is -1.75. The largest absolute Gasteiger partial charge is 0.339 e. The van der Waals surface area contributed by atoms with Crippen LogP contribution in [-0.2, 0) is 12.8 Å². The topological polar surface area (TPSA) is 77.8 Å². The van der Waals surface area contributed by atoms with Crippen molar-refractivity contribution in [2.45, 2.75) is 32.2 Å². The van der Waals surface area contributed by atoms with E-state index in [2.05, 4.69) is 15.1 Å². The van der Waals surface area contributed by atoms with Crippen molar-refractivity contribution in [1.82, 2.24) is 15.1 Å². The van der Waals surface area contributed by atoms with E-state index in [9.17, 15) is 0 Å². The minimum absolute atomic E-state index is 0.156. The fraction of sp³-hybridized carbons (Fsp3) is 0.417. The Morgan fingerprint density at radius 1 is 1.47 bits per heavy atom. The fourth-order valence-corrected chi connectivity index (χ4v) is 1.50. The zero-order valence-electron chi connectivity index (χ0n) is 9.84. The van der Waals surface area contributed by atoms with Crippen LogP contribution in [-0.4, -0.2) is 21.2 Å². The van der Waals surface area contributed by atoms with Crippen LogP contribution in [0.15, 0.2) is 29.0 Å². The van der Waals surface area contributed by atoms with Gasteiger partial charge in [-0.2, -0.15) is 4.98 Å². The lowest BCUT2D eigenvalue weighted by molar-refractivity contribution is 0.368. The number of aryl methyl sites for hydroxylation is 1. The standard InChI is InChI=1S/C12H16N4O/c1-9(13)4-5-12-15-11(16-17-12)7-10-3-2-6-14-8-10/h2-3,6,8-9H,4-5,7,13H2,1H3. The highest BCUT2D eigenvalue weighted by atomic mass is 16.5. The predicted molar refractivity (Wildman–Crippen MR) is 63.3 cm³/mol. The van der Waals surface area contributed by atoms with Gasteiger partial charge in [0.25, 0.3) is 0 Å². The average molecular weight is 232 g/mol. The highest BCUT2D eigenvalue weighted by Crippen LogP contribution is 2.07. The van der Waals surface area contributed by atoms with Crippen LogP contribution in [0.1, 0.15) is 30.6 Å². The second-order valence-corrected chi connectivity index (χ2v) is 4.16. The predicted octanol–water partition coefficient (Wildman–Crippen LogP) is 1.34. The molecule has 5 nitrogen and oxygen atoms in total. The van der Waals surface area contributed by atoms with E-state index in [0.717, 1.165) is 18.4 Å². The van der Waals surface area contributed by atoms with Crippen molar-refractivity contribution in [2.75, 3.05) is 0 Å². The molecule has 0 aliphatic heterocycles. The number of nitrogens with zero attached hydrogens (tertiary/aromatic N) is 3. The van der Waals surface area contributed by atoms with Crippen LogP contribution in [0.25, 0.3) is 0 Å². The van der Waals surface area contributed by atoms with E-state index in [1.165, 1.54) is 0 Å². The summed E-state index contributed by atoms with van der Waals surface area (Å²) in [5.41, 5.74) is 6.75. The maximum Gasteiger partial charge on any atom is 0.226 e. The molecule has 0 fully saturated rings. The molecule has 0 saturated heterocycles. The Morgan fingerprint density at radius 3 is 3.06 bits per heavy atom. The second kappa shape index (κ2) is 5.54. The van der Waals surface area contributed by atoms with Gasteiger partial charge in [-0.25, -0.2) is 0 Å². The van der Waals surface area contributed by atoms with Gasteiger partial charge in [-0.1, -0.05) is 11.2 Å². The van der Waals surface area contributed by atoms with Crippen LogP contribution in [0.2, 0.25) is 0 Å². The van der Waals surface area contributed by atoms with Gasteiger partial charge in [0.05, 0.1) is 0 Å².